The third-order valence-corrected chi connectivity index (χ3v) is 10.8. The van der Waals surface area contributed by atoms with E-state index >= 15 is 0 Å². The SMILES string of the molecule is COCCN1CCC(C(=O)NO)(S(=O)(=O)c2ccc(OCCCc3cccc(-c4cccs4)c3)cc2)CC1C. The average Bonchev–Trinajstić information content (AvgIpc) is 3.50. The minimum atomic E-state index is -4.10. The molecule has 2 aromatic carbocycles. The third-order valence-electron chi connectivity index (χ3n) is 7.41. The van der Waals surface area contributed by atoms with Crippen molar-refractivity contribution in [3.63, 3.8) is 0 Å². The molecule has 0 saturated carbocycles. The Labute approximate surface area is 234 Å². The van der Waals surface area contributed by atoms with E-state index < -0.39 is 20.5 Å². The molecule has 39 heavy (non-hydrogen) atoms. The molecule has 3 aromatic rings. The summed E-state index contributed by atoms with van der Waals surface area (Å²) in [6.45, 7) is 3.93. The Morgan fingerprint density at radius 3 is 2.62 bits per heavy atom. The fraction of sp³-hybridized carbons (Fsp3) is 0.414. The molecular formula is C29H36N2O6S2. The van der Waals surface area contributed by atoms with Crippen LogP contribution in [0.3, 0.4) is 0 Å². The molecule has 2 heterocycles. The lowest BCUT2D eigenvalue weighted by Crippen LogP contribution is -2.60. The van der Waals surface area contributed by atoms with Crippen molar-refractivity contribution in [1.82, 2.24) is 10.4 Å². The van der Waals surface area contributed by atoms with Gasteiger partial charge in [0.05, 0.1) is 18.1 Å². The summed E-state index contributed by atoms with van der Waals surface area (Å²) in [4.78, 5) is 16.2. The molecule has 2 atom stereocenters. The molecule has 0 radical (unpaired) electrons. The van der Waals surface area contributed by atoms with Gasteiger partial charge in [0.1, 0.15) is 5.75 Å². The van der Waals surface area contributed by atoms with Crippen LogP contribution in [0.1, 0.15) is 31.7 Å². The van der Waals surface area contributed by atoms with Crippen LogP contribution in [0.4, 0.5) is 0 Å². The molecule has 1 aliphatic rings. The molecule has 1 fully saturated rings. The maximum Gasteiger partial charge on any atom is 0.265 e. The summed E-state index contributed by atoms with van der Waals surface area (Å²) in [6.07, 6.45) is 1.81. The van der Waals surface area contributed by atoms with E-state index in [9.17, 15) is 18.4 Å². The van der Waals surface area contributed by atoms with Gasteiger partial charge < -0.3 is 9.47 Å². The maximum absolute atomic E-state index is 13.8. The van der Waals surface area contributed by atoms with Crippen LogP contribution in [0.15, 0.2) is 70.9 Å². The fourth-order valence-electron chi connectivity index (χ4n) is 5.20. The molecule has 0 bridgehead atoms. The molecule has 10 heteroatoms. The number of carbonyl (C=O) groups is 1. The Morgan fingerprint density at radius 1 is 1.15 bits per heavy atom. The summed E-state index contributed by atoms with van der Waals surface area (Å²) in [5, 5.41) is 11.5. The second-order valence-corrected chi connectivity index (χ2v) is 13.1. The van der Waals surface area contributed by atoms with Crippen LogP contribution in [-0.2, 0) is 25.8 Å². The second-order valence-electron chi connectivity index (χ2n) is 9.87. The first kappa shape index (κ1) is 29.2. The van der Waals surface area contributed by atoms with E-state index in [4.69, 9.17) is 9.47 Å². The maximum atomic E-state index is 13.8. The Morgan fingerprint density at radius 2 is 1.95 bits per heavy atom. The van der Waals surface area contributed by atoms with Crippen molar-refractivity contribution in [2.45, 2.75) is 48.3 Å². The zero-order valence-corrected chi connectivity index (χ0v) is 24.0. The minimum Gasteiger partial charge on any atom is -0.494 e. The number of aryl methyl sites for hydroxylation is 1. The highest BCUT2D eigenvalue weighted by Crippen LogP contribution is 2.38. The third kappa shape index (κ3) is 6.53. The summed E-state index contributed by atoms with van der Waals surface area (Å²) in [7, 11) is -2.48. The molecule has 0 spiro atoms. The topological polar surface area (TPSA) is 105 Å². The van der Waals surface area contributed by atoms with Crippen LogP contribution in [-0.4, -0.2) is 68.6 Å². The quantitative estimate of drug-likeness (QED) is 0.186. The van der Waals surface area contributed by atoms with Crippen LogP contribution in [0.2, 0.25) is 0 Å². The molecule has 2 N–H and O–H groups in total. The van der Waals surface area contributed by atoms with Crippen molar-refractivity contribution in [3.8, 4) is 16.2 Å². The highest BCUT2D eigenvalue weighted by molar-refractivity contribution is 7.93. The van der Waals surface area contributed by atoms with Crippen LogP contribution in [0.5, 0.6) is 5.75 Å². The number of hydrogen-bond donors (Lipinski definition) is 2. The fourth-order valence-corrected chi connectivity index (χ4v) is 7.98. The van der Waals surface area contributed by atoms with Gasteiger partial charge in [-0.2, -0.15) is 0 Å². The van der Waals surface area contributed by atoms with Gasteiger partial charge in [-0.3, -0.25) is 14.9 Å². The number of sulfone groups is 1. The van der Waals surface area contributed by atoms with Gasteiger partial charge in [-0.15, -0.1) is 11.3 Å². The number of hydrogen-bond acceptors (Lipinski definition) is 8. The van der Waals surface area contributed by atoms with Gasteiger partial charge in [-0.05, 0) is 79.4 Å². The number of carbonyl (C=O) groups excluding carboxylic acids is 1. The Hall–Kier alpha value is -2.76. The number of likely N-dealkylation sites (tertiary alicyclic amines) is 1. The Bertz CT molecular complexity index is 1330. The van der Waals surface area contributed by atoms with Crippen molar-refractivity contribution >= 4 is 27.1 Å². The molecule has 4 rings (SSSR count). The molecular weight excluding hydrogens is 536 g/mol. The van der Waals surface area contributed by atoms with Crippen molar-refractivity contribution < 1.29 is 27.9 Å². The lowest BCUT2D eigenvalue weighted by molar-refractivity contribution is -0.133. The van der Waals surface area contributed by atoms with E-state index in [1.54, 1.807) is 36.1 Å². The van der Waals surface area contributed by atoms with E-state index in [1.165, 1.54) is 28.1 Å². The number of benzene rings is 2. The number of rotatable bonds is 12. The van der Waals surface area contributed by atoms with E-state index in [2.05, 4.69) is 40.6 Å². The van der Waals surface area contributed by atoms with E-state index in [1.807, 2.05) is 13.0 Å². The van der Waals surface area contributed by atoms with E-state index in [0.717, 1.165) is 12.8 Å². The predicted octanol–water partition coefficient (Wildman–Crippen LogP) is 4.58. The van der Waals surface area contributed by atoms with Crippen molar-refractivity contribution in [3.05, 3.63) is 71.6 Å². The first-order valence-corrected chi connectivity index (χ1v) is 15.4. The average molecular weight is 573 g/mol. The summed E-state index contributed by atoms with van der Waals surface area (Å²) in [6, 6.07) is 18.7. The van der Waals surface area contributed by atoms with Crippen LogP contribution in [0.25, 0.3) is 10.4 Å². The van der Waals surface area contributed by atoms with Gasteiger partial charge >= 0.3 is 0 Å². The van der Waals surface area contributed by atoms with E-state index in [-0.39, 0.29) is 23.8 Å². The summed E-state index contributed by atoms with van der Waals surface area (Å²) in [5.74, 6) is -0.339. The lowest BCUT2D eigenvalue weighted by Gasteiger charge is -2.43. The number of thiophene rings is 1. The summed E-state index contributed by atoms with van der Waals surface area (Å²) >= 11 is 1.72. The molecule has 1 aliphatic heterocycles. The van der Waals surface area contributed by atoms with Crippen molar-refractivity contribution in [1.29, 1.82) is 0 Å². The number of piperidine rings is 1. The van der Waals surface area contributed by atoms with E-state index in [0.29, 0.717) is 32.1 Å². The van der Waals surface area contributed by atoms with Crippen LogP contribution < -0.4 is 10.2 Å². The zero-order chi connectivity index (χ0) is 27.9. The highest BCUT2D eigenvalue weighted by Gasteiger charge is 2.54. The molecule has 1 saturated heterocycles. The molecule has 1 aromatic heterocycles. The van der Waals surface area contributed by atoms with Gasteiger partial charge in [0.25, 0.3) is 5.91 Å². The zero-order valence-electron chi connectivity index (χ0n) is 22.3. The predicted molar refractivity (Wildman–Crippen MR) is 152 cm³/mol. The van der Waals surface area contributed by atoms with Gasteiger partial charge in [-0.25, -0.2) is 13.9 Å². The van der Waals surface area contributed by atoms with Crippen molar-refractivity contribution in [2.24, 2.45) is 0 Å². The first-order valence-electron chi connectivity index (χ1n) is 13.1. The molecule has 1 amide bonds. The normalized spacial score (nSPS) is 20.0. The monoisotopic (exact) mass is 572 g/mol. The number of amides is 1. The Balaban J connectivity index is 1.38. The van der Waals surface area contributed by atoms with Gasteiger partial charge in [0, 0.05) is 31.1 Å². The number of nitrogens with zero attached hydrogens (tertiary/aromatic N) is 1. The molecule has 210 valence electrons. The number of ether oxygens (including phenoxy) is 2. The standard InChI is InChI=1S/C29H36N2O6S2/c1-22-21-29(28(32)30-33,14-15-31(22)16-18-36-2)39(34,35)26-12-10-25(11-13-26)37-17-4-7-23-6-3-8-24(20-23)27-9-5-19-38-27/h3,5-6,8-13,19-20,22,33H,4,7,14-18,21H2,1-2H3,(H,30,32). The number of nitrogens with one attached hydrogen (secondary N) is 1. The van der Waals surface area contributed by atoms with Gasteiger partial charge in [-0.1, -0.05) is 30.3 Å². The minimum absolute atomic E-state index is 0.0291. The lowest BCUT2D eigenvalue weighted by atomic mass is 9.90. The summed E-state index contributed by atoms with van der Waals surface area (Å²) < 4.78 is 36.8. The molecule has 2 unspecified atom stereocenters. The summed E-state index contributed by atoms with van der Waals surface area (Å²) in [5.41, 5.74) is 4.06. The molecule has 0 aliphatic carbocycles. The van der Waals surface area contributed by atoms with Gasteiger partial charge in [0.2, 0.25) is 0 Å². The smallest absolute Gasteiger partial charge is 0.265 e. The van der Waals surface area contributed by atoms with Gasteiger partial charge in [0.15, 0.2) is 14.6 Å². The number of hydroxylamine groups is 1. The first-order chi connectivity index (χ1) is 18.8. The number of methoxy groups -OCH3 is 1. The second kappa shape index (κ2) is 13.1. The van der Waals surface area contributed by atoms with Crippen LogP contribution >= 0.6 is 11.3 Å². The van der Waals surface area contributed by atoms with Crippen LogP contribution in [0, 0.1) is 0 Å². The highest BCUT2D eigenvalue weighted by atomic mass is 32.2. The largest absolute Gasteiger partial charge is 0.494 e. The molecule has 8 nitrogen and oxygen atoms in total. The Kier molecular flexibility index (Phi) is 9.79. The van der Waals surface area contributed by atoms with Crippen molar-refractivity contribution in [2.75, 3.05) is 33.4 Å².